The lowest BCUT2D eigenvalue weighted by molar-refractivity contribution is -0.388. The number of ether oxygens (including phenoxy) is 2. The minimum Gasteiger partial charge on any atom is -0.385 e. The van der Waals surface area contributed by atoms with Crippen LogP contribution in [0.3, 0.4) is 0 Å². The number of likely N-dealkylation sites (tertiary alicyclic amines) is 1. The number of halogens is 5. The molecule has 2 aliphatic rings. The maximum Gasteiger partial charge on any atom is 0.416 e. The molecule has 0 aromatic heterocycles. The molecule has 0 atom stereocenters. The van der Waals surface area contributed by atoms with Crippen molar-refractivity contribution in [2.24, 2.45) is 0 Å². The van der Waals surface area contributed by atoms with E-state index in [1.807, 2.05) is 0 Å². The van der Waals surface area contributed by atoms with Crippen molar-refractivity contribution < 1.29 is 37.1 Å². The lowest BCUT2D eigenvalue weighted by Gasteiger charge is -2.39. The van der Waals surface area contributed by atoms with E-state index < -0.39 is 39.6 Å². The van der Waals surface area contributed by atoms with Gasteiger partial charge in [-0.2, -0.15) is 13.2 Å². The smallest absolute Gasteiger partial charge is 0.385 e. The summed E-state index contributed by atoms with van der Waals surface area (Å²) in [5.41, 5.74) is -2.12. The summed E-state index contributed by atoms with van der Waals surface area (Å²) in [6, 6.07) is 8.10. The molecule has 0 bridgehead atoms. The first-order chi connectivity index (χ1) is 16.5. The number of nitro groups is 1. The molecule has 0 aliphatic carbocycles. The maximum absolute atomic E-state index is 13.6. The normalized spacial score (nSPS) is 19.6. The van der Waals surface area contributed by atoms with Gasteiger partial charge in [0.15, 0.2) is 0 Å². The number of alkyl halides is 3. The molecule has 36 heavy (non-hydrogen) atoms. The van der Waals surface area contributed by atoms with Crippen LogP contribution in [0.1, 0.15) is 42.4 Å². The molecule has 0 unspecified atom stereocenters. The number of rotatable bonds is 7. The van der Waals surface area contributed by atoms with Crippen LogP contribution in [0.4, 0.5) is 23.2 Å². The van der Waals surface area contributed by atoms with Crippen molar-refractivity contribution in [1.29, 1.82) is 0 Å². The van der Waals surface area contributed by atoms with E-state index in [-0.39, 0.29) is 49.6 Å². The maximum atomic E-state index is 13.6. The summed E-state index contributed by atoms with van der Waals surface area (Å²) in [6.45, 7) is 2.02. The van der Waals surface area contributed by atoms with E-state index in [2.05, 4.69) is 4.90 Å². The van der Waals surface area contributed by atoms with Crippen LogP contribution in [0.2, 0.25) is 0 Å². The van der Waals surface area contributed by atoms with Gasteiger partial charge in [0.1, 0.15) is 5.82 Å². The molecule has 2 aliphatic heterocycles. The van der Waals surface area contributed by atoms with Crippen LogP contribution in [0.15, 0.2) is 42.5 Å². The lowest BCUT2D eigenvalue weighted by Crippen LogP contribution is -2.43. The predicted octanol–water partition coefficient (Wildman–Crippen LogP) is 5.14. The second kappa shape index (κ2) is 11.0. The topological polar surface area (TPSA) is 85.1 Å². The summed E-state index contributed by atoms with van der Waals surface area (Å²) >= 11 is 0. The van der Waals surface area contributed by atoms with Gasteiger partial charge < -0.3 is 19.5 Å². The molecule has 2 fully saturated rings. The van der Waals surface area contributed by atoms with Gasteiger partial charge in [0.05, 0.1) is 40.9 Å². The Balaban J connectivity index is 0.00000361. The Hall–Kier alpha value is -2.31. The van der Waals surface area contributed by atoms with E-state index >= 15 is 0 Å². The van der Waals surface area contributed by atoms with Crippen molar-refractivity contribution in [3.8, 4) is 0 Å². The van der Waals surface area contributed by atoms with Crippen molar-refractivity contribution in [2.75, 3.05) is 32.8 Å². The van der Waals surface area contributed by atoms with Crippen molar-refractivity contribution in [2.45, 2.75) is 43.2 Å². The summed E-state index contributed by atoms with van der Waals surface area (Å²) in [5, 5.41) is 22.5. The zero-order valence-corrected chi connectivity index (χ0v) is 20.1. The number of nitrogens with zero attached hydrogens (tertiary/aromatic N) is 2. The first kappa shape index (κ1) is 28.3. The molecule has 2 aromatic rings. The highest BCUT2D eigenvalue weighted by Gasteiger charge is 2.43. The van der Waals surface area contributed by atoms with Crippen LogP contribution < -0.4 is 0 Å². The highest BCUT2D eigenvalue weighted by molar-refractivity contribution is 5.85. The number of hydrogen-bond acceptors (Lipinski definition) is 6. The molecule has 1 N–H and O–H groups in total. The predicted molar refractivity (Wildman–Crippen MR) is 124 cm³/mol. The third-order valence-electron chi connectivity index (χ3n) is 6.71. The van der Waals surface area contributed by atoms with Crippen LogP contribution in [0.25, 0.3) is 0 Å². The molecule has 0 saturated carbocycles. The van der Waals surface area contributed by atoms with Gasteiger partial charge in [0.2, 0.25) is 5.79 Å². The quantitative estimate of drug-likeness (QED) is 0.301. The van der Waals surface area contributed by atoms with Crippen LogP contribution >= 0.6 is 12.4 Å². The molecule has 2 aromatic carbocycles. The molecular weight excluding hydrogens is 508 g/mol. The number of piperidine rings is 1. The minimum absolute atomic E-state index is 0. The summed E-state index contributed by atoms with van der Waals surface area (Å²) in [7, 11) is 0. The fourth-order valence-corrected chi connectivity index (χ4v) is 4.82. The van der Waals surface area contributed by atoms with Gasteiger partial charge in [-0.3, -0.25) is 10.1 Å². The average molecular weight is 535 g/mol. The van der Waals surface area contributed by atoms with Gasteiger partial charge in [-0.15, -0.1) is 12.4 Å². The molecular formula is C24H27ClF4N2O5. The number of aliphatic hydroxyl groups is 1. The summed E-state index contributed by atoms with van der Waals surface area (Å²) in [4.78, 5) is 12.9. The third kappa shape index (κ3) is 5.97. The molecule has 0 amide bonds. The van der Waals surface area contributed by atoms with Crippen molar-refractivity contribution in [1.82, 2.24) is 4.90 Å². The van der Waals surface area contributed by atoms with Gasteiger partial charge in [0, 0.05) is 19.5 Å². The number of benzene rings is 2. The molecule has 12 heteroatoms. The van der Waals surface area contributed by atoms with E-state index in [0.717, 1.165) is 24.3 Å². The Kier molecular flexibility index (Phi) is 8.62. The lowest BCUT2D eigenvalue weighted by atomic mass is 9.83. The van der Waals surface area contributed by atoms with Gasteiger partial charge in [-0.1, -0.05) is 12.1 Å². The molecule has 7 nitrogen and oxygen atoms in total. The largest absolute Gasteiger partial charge is 0.416 e. The highest BCUT2D eigenvalue weighted by atomic mass is 35.5. The molecule has 2 saturated heterocycles. The Morgan fingerprint density at radius 1 is 1.08 bits per heavy atom. The summed E-state index contributed by atoms with van der Waals surface area (Å²) in [6.07, 6.45) is -3.09. The molecule has 4 rings (SSSR count). The third-order valence-corrected chi connectivity index (χ3v) is 6.71. The SMILES string of the molecule is Cl.O=[N+]([O-])c1cc(F)ccc1C1(CCCN2CCC(O)(c3cccc(C(F)(F)F)c3)CC2)OCCO1. The zero-order chi connectivity index (χ0) is 25.3. The van der Waals surface area contributed by atoms with E-state index in [0.29, 0.717) is 32.5 Å². The van der Waals surface area contributed by atoms with Gasteiger partial charge in [-0.05, 0) is 55.6 Å². The van der Waals surface area contributed by atoms with Crippen molar-refractivity contribution >= 4 is 18.1 Å². The zero-order valence-electron chi connectivity index (χ0n) is 19.3. The van der Waals surface area contributed by atoms with E-state index in [1.54, 1.807) is 0 Å². The monoisotopic (exact) mass is 534 g/mol. The Bertz CT molecular complexity index is 1070. The van der Waals surface area contributed by atoms with E-state index in [4.69, 9.17) is 9.47 Å². The Labute approximate surface area is 211 Å². The molecule has 198 valence electrons. The fraction of sp³-hybridized carbons (Fsp3) is 0.500. The summed E-state index contributed by atoms with van der Waals surface area (Å²) in [5.74, 6) is -2.07. The van der Waals surface area contributed by atoms with E-state index in [9.17, 15) is 32.8 Å². The second-order valence-corrected chi connectivity index (χ2v) is 8.92. The first-order valence-corrected chi connectivity index (χ1v) is 11.4. The Morgan fingerprint density at radius 2 is 1.75 bits per heavy atom. The average Bonchev–Trinajstić information content (AvgIpc) is 3.30. The van der Waals surface area contributed by atoms with Gasteiger partial charge in [0.25, 0.3) is 5.69 Å². The van der Waals surface area contributed by atoms with Crippen molar-refractivity contribution in [3.05, 3.63) is 75.1 Å². The molecule has 2 heterocycles. The van der Waals surface area contributed by atoms with Gasteiger partial charge >= 0.3 is 6.18 Å². The highest BCUT2D eigenvalue weighted by Crippen LogP contribution is 2.41. The van der Waals surface area contributed by atoms with Gasteiger partial charge in [-0.25, -0.2) is 4.39 Å². The minimum atomic E-state index is -4.48. The van der Waals surface area contributed by atoms with Crippen LogP contribution in [0, 0.1) is 15.9 Å². The molecule has 0 spiro atoms. The second-order valence-electron chi connectivity index (χ2n) is 8.92. The van der Waals surface area contributed by atoms with Crippen LogP contribution in [-0.2, 0) is 27.0 Å². The first-order valence-electron chi connectivity index (χ1n) is 11.4. The van der Waals surface area contributed by atoms with E-state index in [1.165, 1.54) is 18.2 Å². The summed E-state index contributed by atoms with van der Waals surface area (Å²) < 4.78 is 64.4. The van der Waals surface area contributed by atoms with Crippen LogP contribution in [-0.4, -0.2) is 47.8 Å². The van der Waals surface area contributed by atoms with Crippen molar-refractivity contribution in [3.63, 3.8) is 0 Å². The standard InChI is InChI=1S/C24H26F4N2O5.ClH/c25-19-5-6-20(21(16-19)30(32)33)23(34-13-14-35-23)7-2-10-29-11-8-22(31,9-12-29)17-3-1-4-18(15-17)24(26,27)28;/h1,3-6,15-16,31H,2,7-14H2;1H. The number of nitro benzene ring substituents is 1. The van der Waals surface area contributed by atoms with Crippen LogP contribution in [0.5, 0.6) is 0 Å². The molecule has 0 radical (unpaired) electrons. The fourth-order valence-electron chi connectivity index (χ4n) is 4.82. The number of hydrogen-bond donors (Lipinski definition) is 1. The Morgan fingerprint density at radius 3 is 2.36 bits per heavy atom.